The molecule has 0 saturated heterocycles. The molecule has 0 aromatic heterocycles. The van der Waals surface area contributed by atoms with E-state index >= 15 is 0 Å². The average molecular weight is 399 g/mol. The van der Waals surface area contributed by atoms with Crippen LogP contribution in [0.2, 0.25) is 10.0 Å². The fourth-order valence-corrected chi connectivity index (χ4v) is 4.51. The number of benzene rings is 2. The Balaban J connectivity index is 2.43. The van der Waals surface area contributed by atoms with Crippen LogP contribution in [0.5, 0.6) is 0 Å². The fraction of sp³-hybridized carbons (Fsp3) is 0. The molecule has 0 aliphatic rings. The second-order valence-corrected chi connectivity index (χ2v) is 7.16. The van der Waals surface area contributed by atoms with Crippen molar-refractivity contribution in [2.75, 3.05) is 4.72 Å². The molecule has 0 spiro atoms. The predicted molar refractivity (Wildman–Crippen MR) is 81.4 cm³/mol. The summed E-state index contributed by atoms with van der Waals surface area (Å²) in [4.78, 5) is -0.228. The van der Waals surface area contributed by atoms with Crippen LogP contribution in [0, 0.1) is 5.82 Å². The smallest absolute Gasteiger partial charge is 0.264 e. The van der Waals surface area contributed by atoms with Gasteiger partial charge in [0.05, 0.1) is 10.0 Å². The van der Waals surface area contributed by atoms with Crippen molar-refractivity contribution in [2.45, 2.75) is 4.90 Å². The lowest BCUT2D eigenvalue weighted by molar-refractivity contribution is 0.601. The second kappa shape index (κ2) is 5.89. The molecule has 8 heteroatoms. The highest BCUT2D eigenvalue weighted by Crippen LogP contribution is 2.33. The van der Waals surface area contributed by atoms with E-state index in [4.69, 9.17) is 23.2 Å². The van der Waals surface area contributed by atoms with Gasteiger partial charge in [0.15, 0.2) is 0 Å². The third-order valence-electron chi connectivity index (χ3n) is 2.33. The quantitative estimate of drug-likeness (QED) is 0.814. The number of nitrogens with one attached hydrogen (secondary N) is 1. The van der Waals surface area contributed by atoms with Crippen molar-refractivity contribution < 1.29 is 12.8 Å². The molecule has 2 aromatic rings. The van der Waals surface area contributed by atoms with Crippen LogP contribution in [0.4, 0.5) is 10.1 Å². The number of anilines is 1. The van der Waals surface area contributed by atoms with E-state index < -0.39 is 15.8 Å². The minimum absolute atomic E-state index is 0.0148. The van der Waals surface area contributed by atoms with E-state index in [9.17, 15) is 12.8 Å². The molecule has 0 radical (unpaired) electrons. The van der Waals surface area contributed by atoms with Crippen LogP contribution in [-0.4, -0.2) is 8.42 Å². The van der Waals surface area contributed by atoms with Gasteiger partial charge in [-0.15, -0.1) is 0 Å². The van der Waals surface area contributed by atoms with Crippen LogP contribution in [0.15, 0.2) is 45.8 Å². The Morgan fingerprint density at radius 1 is 1.05 bits per heavy atom. The summed E-state index contributed by atoms with van der Waals surface area (Å²) in [6, 6.07) is 7.73. The predicted octanol–water partition coefficient (Wildman–Crippen LogP) is 4.70. The zero-order chi connectivity index (χ0) is 14.9. The SMILES string of the molecule is O=S(=O)(Nc1ccc(F)cc1)c1c(Cl)cc(Br)cc1Cl. The molecule has 0 unspecified atom stereocenters. The van der Waals surface area contributed by atoms with Crippen molar-refractivity contribution >= 4 is 54.8 Å². The van der Waals surface area contributed by atoms with Crippen molar-refractivity contribution in [3.63, 3.8) is 0 Å². The van der Waals surface area contributed by atoms with Gasteiger partial charge in [-0.3, -0.25) is 4.72 Å². The first kappa shape index (κ1) is 15.6. The topological polar surface area (TPSA) is 46.2 Å². The summed E-state index contributed by atoms with van der Waals surface area (Å²) in [6.45, 7) is 0. The molecule has 0 amide bonds. The minimum atomic E-state index is -3.96. The van der Waals surface area contributed by atoms with Gasteiger partial charge in [0, 0.05) is 10.2 Å². The first-order chi connectivity index (χ1) is 9.29. The Kier molecular flexibility index (Phi) is 4.59. The zero-order valence-electron chi connectivity index (χ0n) is 9.70. The highest BCUT2D eigenvalue weighted by Gasteiger charge is 2.22. The summed E-state index contributed by atoms with van der Waals surface area (Å²) < 4.78 is 40.1. The lowest BCUT2D eigenvalue weighted by Crippen LogP contribution is -2.14. The van der Waals surface area contributed by atoms with E-state index in [1.54, 1.807) is 0 Å². The van der Waals surface area contributed by atoms with Crippen LogP contribution < -0.4 is 4.72 Å². The highest BCUT2D eigenvalue weighted by atomic mass is 79.9. The largest absolute Gasteiger partial charge is 0.280 e. The molecule has 0 atom stereocenters. The third kappa shape index (κ3) is 3.44. The first-order valence-electron chi connectivity index (χ1n) is 5.22. The van der Waals surface area contributed by atoms with Gasteiger partial charge in [0.25, 0.3) is 10.0 Å². The van der Waals surface area contributed by atoms with E-state index in [0.29, 0.717) is 4.47 Å². The van der Waals surface area contributed by atoms with Gasteiger partial charge in [0.1, 0.15) is 10.7 Å². The normalized spacial score (nSPS) is 11.4. The zero-order valence-corrected chi connectivity index (χ0v) is 13.6. The van der Waals surface area contributed by atoms with Gasteiger partial charge in [-0.2, -0.15) is 0 Å². The number of halogens is 4. The maximum atomic E-state index is 12.8. The molecule has 20 heavy (non-hydrogen) atoms. The van der Waals surface area contributed by atoms with Crippen molar-refractivity contribution in [3.05, 3.63) is 56.7 Å². The lowest BCUT2D eigenvalue weighted by Gasteiger charge is -2.11. The van der Waals surface area contributed by atoms with Crippen molar-refractivity contribution in [1.29, 1.82) is 0 Å². The van der Waals surface area contributed by atoms with E-state index in [0.717, 1.165) is 12.1 Å². The number of sulfonamides is 1. The monoisotopic (exact) mass is 397 g/mol. The summed E-state index contributed by atoms with van der Waals surface area (Å²) in [5, 5.41) is -0.0297. The minimum Gasteiger partial charge on any atom is -0.280 e. The van der Waals surface area contributed by atoms with Crippen LogP contribution >= 0.6 is 39.1 Å². The fourth-order valence-electron chi connectivity index (χ4n) is 1.51. The summed E-state index contributed by atoms with van der Waals surface area (Å²) in [7, 11) is -3.96. The second-order valence-electron chi connectivity index (χ2n) is 3.81. The molecular formula is C12H7BrCl2FNO2S. The molecule has 0 aliphatic carbocycles. The Hall–Kier alpha value is -0.820. The molecule has 0 fully saturated rings. The Bertz CT molecular complexity index is 728. The molecule has 2 aromatic carbocycles. The van der Waals surface area contributed by atoms with E-state index in [-0.39, 0.29) is 20.6 Å². The van der Waals surface area contributed by atoms with E-state index in [1.807, 2.05) is 0 Å². The average Bonchev–Trinajstić information content (AvgIpc) is 2.30. The molecule has 0 bridgehead atoms. The van der Waals surface area contributed by atoms with Crippen LogP contribution in [0.1, 0.15) is 0 Å². The molecule has 0 saturated carbocycles. The van der Waals surface area contributed by atoms with Crippen molar-refractivity contribution in [1.82, 2.24) is 0 Å². The summed E-state index contributed by atoms with van der Waals surface area (Å²) >= 11 is 15.0. The Morgan fingerprint density at radius 2 is 1.55 bits per heavy atom. The molecule has 0 aliphatic heterocycles. The maximum Gasteiger partial charge on any atom is 0.264 e. The van der Waals surface area contributed by atoms with Gasteiger partial charge in [0.2, 0.25) is 0 Å². The van der Waals surface area contributed by atoms with E-state index in [2.05, 4.69) is 20.7 Å². The van der Waals surface area contributed by atoms with Crippen LogP contribution in [0.3, 0.4) is 0 Å². The lowest BCUT2D eigenvalue weighted by atomic mass is 10.3. The molecule has 3 nitrogen and oxygen atoms in total. The third-order valence-corrected chi connectivity index (χ3v) is 5.09. The first-order valence-corrected chi connectivity index (χ1v) is 8.26. The standard InChI is InChI=1S/C12H7BrCl2FNO2S/c13-7-5-10(14)12(11(15)6-7)20(18,19)17-9-3-1-8(16)2-4-9/h1-6,17H. The number of hydrogen-bond acceptors (Lipinski definition) is 2. The highest BCUT2D eigenvalue weighted by molar-refractivity contribution is 9.10. The van der Waals surface area contributed by atoms with Crippen molar-refractivity contribution in [3.8, 4) is 0 Å². The van der Waals surface area contributed by atoms with Gasteiger partial charge in [-0.05, 0) is 36.4 Å². The number of rotatable bonds is 3. The Labute approximate surface area is 133 Å². The molecule has 1 N–H and O–H groups in total. The van der Waals surface area contributed by atoms with Gasteiger partial charge >= 0.3 is 0 Å². The molecular weight excluding hydrogens is 392 g/mol. The molecule has 0 heterocycles. The van der Waals surface area contributed by atoms with Gasteiger partial charge < -0.3 is 0 Å². The molecule has 106 valence electrons. The summed E-state index contributed by atoms with van der Waals surface area (Å²) in [5.74, 6) is -0.465. The van der Waals surface area contributed by atoms with Crippen LogP contribution in [-0.2, 0) is 10.0 Å². The van der Waals surface area contributed by atoms with Crippen molar-refractivity contribution in [2.24, 2.45) is 0 Å². The number of hydrogen-bond donors (Lipinski definition) is 1. The Morgan fingerprint density at radius 3 is 2.05 bits per heavy atom. The summed E-state index contributed by atoms with van der Waals surface area (Å²) in [6.07, 6.45) is 0. The maximum absolute atomic E-state index is 12.8. The van der Waals surface area contributed by atoms with Crippen LogP contribution in [0.25, 0.3) is 0 Å². The van der Waals surface area contributed by atoms with Gasteiger partial charge in [-0.1, -0.05) is 39.1 Å². The molecule has 2 rings (SSSR count). The summed E-state index contributed by atoms with van der Waals surface area (Å²) in [5.41, 5.74) is 0.210. The van der Waals surface area contributed by atoms with E-state index in [1.165, 1.54) is 24.3 Å². The van der Waals surface area contributed by atoms with Gasteiger partial charge in [-0.25, -0.2) is 12.8 Å².